The van der Waals surface area contributed by atoms with Crippen molar-refractivity contribution in [1.82, 2.24) is 0 Å². The Kier molecular flexibility index (Phi) is 4.59. The maximum absolute atomic E-state index is 12.6. The third kappa shape index (κ3) is 3.16. The third-order valence-electron chi connectivity index (χ3n) is 4.28. The van der Waals surface area contributed by atoms with Crippen molar-refractivity contribution < 1.29 is 4.79 Å². The first-order chi connectivity index (χ1) is 9.13. The molecule has 0 heterocycles. The second-order valence-corrected chi connectivity index (χ2v) is 5.62. The van der Waals surface area contributed by atoms with Crippen LogP contribution in [0.25, 0.3) is 0 Å². The van der Waals surface area contributed by atoms with Crippen LogP contribution in [0.2, 0.25) is 0 Å². The van der Waals surface area contributed by atoms with Gasteiger partial charge in [-0.25, -0.2) is 0 Å². The summed E-state index contributed by atoms with van der Waals surface area (Å²) in [5, 5.41) is 0. The zero-order valence-corrected chi connectivity index (χ0v) is 11.9. The minimum atomic E-state index is 0.102. The van der Waals surface area contributed by atoms with Gasteiger partial charge in [0.2, 0.25) is 5.91 Å². The van der Waals surface area contributed by atoms with Crippen molar-refractivity contribution in [3.63, 3.8) is 0 Å². The van der Waals surface area contributed by atoms with Crippen molar-refractivity contribution in [2.24, 2.45) is 17.6 Å². The minimum Gasteiger partial charge on any atom is -0.330 e. The van der Waals surface area contributed by atoms with Gasteiger partial charge in [0.1, 0.15) is 0 Å². The topological polar surface area (TPSA) is 46.3 Å². The number of nitrogens with zero attached hydrogens (tertiary/aromatic N) is 1. The largest absolute Gasteiger partial charge is 0.330 e. The first-order valence-electron chi connectivity index (χ1n) is 7.17. The molecule has 104 valence electrons. The van der Waals surface area contributed by atoms with Crippen LogP contribution in [0.5, 0.6) is 0 Å². The van der Waals surface area contributed by atoms with E-state index >= 15 is 0 Å². The number of amides is 1. The molecule has 0 bridgehead atoms. The van der Waals surface area contributed by atoms with E-state index in [2.05, 4.69) is 6.92 Å². The average molecular weight is 260 g/mol. The standard InChI is InChI=1S/C16H24N2O/c1-12-7-9-14(10-8-12)18(2)16(19)15-6-4-3-5-13(15)11-17/h7-10,13,15H,3-6,11,17H2,1-2H3. The van der Waals surface area contributed by atoms with Gasteiger partial charge in [0.15, 0.2) is 0 Å². The molecule has 0 radical (unpaired) electrons. The number of carbonyl (C=O) groups is 1. The molecule has 1 aliphatic rings. The van der Waals surface area contributed by atoms with Crippen LogP contribution in [0.15, 0.2) is 24.3 Å². The molecule has 2 unspecified atom stereocenters. The van der Waals surface area contributed by atoms with E-state index in [1.54, 1.807) is 4.90 Å². The van der Waals surface area contributed by atoms with Crippen molar-refractivity contribution in [3.05, 3.63) is 29.8 Å². The first-order valence-corrected chi connectivity index (χ1v) is 7.17. The lowest BCUT2D eigenvalue weighted by atomic mass is 9.78. The fraction of sp³-hybridized carbons (Fsp3) is 0.562. The van der Waals surface area contributed by atoms with Gasteiger partial charge in [0, 0.05) is 18.7 Å². The van der Waals surface area contributed by atoms with E-state index in [9.17, 15) is 4.79 Å². The maximum atomic E-state index is 12.6. The van der Waals surface area contributed by atoms with Crippen LogP contribution in [0.4, 0.5) is 5.69 Å². The Morgan fingerprint density at radius 1 is 1.26 bits per heavy atom. The lowest BCUT2D eigenvalue weighted by molar-refractivity contribution is -0.124. The third-order valence-corrected chi connectivity index (χ3v) is 4.28. The molecule has 0 spiro atoms. The second-order valence-electron chi connectivity index (χ2n) is 5.62. The van der Waals surface area contributed by atoms with E-state index < -0.39 is 0 Å². The highest BCUT2D eigenvalue weighted by Gasteiger charge is 2.32. The highest BCUT2D eigenvalue weighted by molar-refractivity contribution is 5.94. The van der Waals surface area contributed by atoms with Gasteiger partial charge in [-0.1, -0.05) is 30.5 Å². The van der Waals surface area contributed by atoms with Gasteiger partial charge in [-0.3, -0.25) is 4.79 Å². The smallest absolute Gasteiger partial charge is 0.230 e. The van der Waals surface area contributed by atoms with E-state index in [4.69, 9.17) is 5.73 Å². The van der Waals surface area contributed by atoms with Gasteiger partial charge >= 0.3 is 0 Å². The van der Waals surface area contributed by atoms with Crippen molar-refractivity contribution in [3.8, 4) is 0 Å². The van der Waals surface area contributed by atoms with Crippen LogP contribution < -0.4 is 10.6 Å². The van der Waals surface area contributed by atoms with Crippen LogP contribution in [0.1, 0.15) is 31.2 Å². The summed E-state index contributed by atoms with van der Waals surface area (Å²) in [6.07, 6.45) is 4.43. The number of aryl methyl sites for hydroxylation is 1. The summed E-state index contributed by atoms with van der Waals surface area (Å²) in [5.74, 6) is 0.679. The van der Waals surface area contributed by atoms with E-state index in [0.717, 1.165) is 24.9 Å². The Balaban J connectivity index is 2.11. The Labute approximate surface area is 115 Å². The number of benzene rings is 1. The van der Waals surface area contributed by atoms with Crippen LogP contribution in [0, 0.1) is 18.8 Å². The summed E-state index contributed by atoms with van der Waals surface area (Å²) in [6, 6.07) is 8.10. The van der Waals surface area contributed by atoms with Crippen LogP contribution in [0.3, 0.4) is 0 Å². The second kappa shape index (κ2) is 6.20. The van der Waals surface area contributed by atoms with Gasteiger partial charge in [0.25, 0.3) is 0 Å². The summed E-state index contributed by atoms with van der Waals surface area (Å²) in [6.45, 7) is 2.68. The van der Waals surface area contributed by atoms with E-state index in [-0.39, 0.29) is 11.8 Å². The van der Waals surface area contributed by atoms with E-state index in [1.807, 2.05) is 31.3 Å². The van der Waals surface area contributed by atoms with Crippen molar-refractivity contribution in [2.75, 3.05) is 18.5 Å². The molecule has 19 heavy (non-hydrogen) atoms. The quantitative estimate of drug-likeness (QED) is 0.908. The van der Waals surface area contributed by atoms with Crippen molar-refractivity contribution in [2.45, 2.75) is 32.6 Å². The molecule has 0 saturated heterocycles. The monoisotopic (exact) mass is 260 g/mol. The van der Waals surface area contributed by atoms with Crippen molar-refractivity contribution >= 4 is 11.6 Å². The van der Waals surface area contributed by atoms with Crippen molar-refractivity contribution in [1.29, 1.82) is 0 Å². The van der Waals surface area contributed by atoms with Gasteiger partial charge in [-0.15, -0.1) is 0 Å². The zero-order valence-electron chi connectivity index (χ0n) is 11.9. The zero-order chi connectivity index (χ0) is 13.8. The summed E-state index contributed by atoms with van der Waals surface area (Å²) < 4.78 is 0. The molecule has 2 N–H and O–H groups in total. The van der Waals surface area contributed by atoms with Crippen LogP contribution >= 0.6 is 0 Å². The molecule has 0 aromatic heterocycles. The number of carbonyl (C=O) groups excluding carboxylic acids is 1. The fourth-order valence-corrected chi connectivity index (χ4v) is 2.96. The lowest BCUT2D eigenvalue weighted by Crippen LogP contribution is -2.40. The molecule has 2 rings (SSSR count). The molecule has 3 nitrogen and oxygen atoms in total. The molecular weight excluding hydrogens is 236 g/mol. The molecule has 1 saturated carbocycles. The van der Waals surface area contributed by atoms with Gasteiger partial charge in [-0.2, -0.15) is 0 Å². The first kappa shape index (κ1) is 14.1. The van der Waals surface area contributed by atoms with Gasteiger partial charge in [0.05, 0.1) is 0 Å². The highest BCUT2D eigenvalue weighted by Crippen LogP contribution is 2.31. The summed E-state index contributed by atoms with van der Waals surface area (Å²) in [4.78, 5) is 14.4. The Hall–Kier alpha value is -1.35. The predicted molar refractivity (Wildman–Crippen MR) is 79.1 cm³/mol. The summed E-state index contributed by atoms with van der Waals surface area (Å²) in [7, 11) is 1.87. The molecule has 1 aliphatic carbocycles. The van der Waals surface area contributed by atoms with Gasteiger partial charge < -0.3 is 10.6 Å². The molecular formula is C16H24N2O. The number of anilines is 1. The molecule has 2 atom stereocenters. The number of hydrogen-bond acceptors (Lipinski definition) is 2. The molecule has 1 aromatic carbocycles. The SMILES string of the molecule is Cc1ccc(N(C)C(=O)C2CCCCC2CN)cc1. The van der Waals surface area contributed by atoms with E-state index in [1.165, 1.54) is 12.0 Å². The average Bonchev–Trinajstić information content (AvgIpc) is 2.46. The minimum absolute atomic E-state index is 0.102. The highest BCUT2D eigenvalue weighted by atomic mass is 16.2. The summed E-state index contributed by atoms with van der Waals surface area (Å²) in [5.41, 5.74) is 8.00. The molecule has 3 heteroatoms. The molecule has 1 fully saturated rings. The normalized spacial score (nSPS) is 23.1. The molecule has 1 amide bonds. The lowest BCUT2D eigenvalue weighted by Gasteiger charge is -2.32. The predicted octanol–water partition coefficient (Wildman–Crippen LogP) is 2.72. The maximum Gasteiger partial charge on any atom is 0.230 e. The molecule has 0 aliphatic heterocycles. The Morgan fingerprint density at radius 3 is 2.53 bits per heavy atom. The van der Waals surface area contributed by atoms with Crippen LogP contribution in [-0.2, 0) is 4.79 Å². The van der Waals surface area contributed by atoms with E-state index in [0.29, 0.717) is 12.5 Å². The fourth-order valence-electron chi connectivity index (χ4n) is 2.96. The van der Waals surface area contributed by atoms with Gasteiger partial charge in [-0.05, 0) is 44.4 Å². The Morgan fingerprint density at radius 2 is 1.89 bits per heavy atom. The number of hydrogen-bond donors (Lipinski definition) is 1. The van der Waals surface area contributed by atoms with Crippen LogP contribution in [-0.4, -0.2) is 19.5 Å². The number of rotatable bonds is 3. The number of nitrogens with two attached hydrogens (primary N) is 1. The molecule has 1 aromatic rings. The summed E-state index contributed by atoms with van der Waals surface area (Å²) >= 11 is 0. The Bertz CT molecular complexity index is 427.